The van der Waals surface area contributed by atoms with Crippen LogP contribution in [-0.4, -0.2) is 24.5 Å². The fraction of sp³-hybridized carbons (Fsp3) is 0.529. The van der Waals surface area contributed by atoms with Crippen LogP contribution in [0.3, 0.4) is 0 Å². The van der Waals surface area contributed by atoms with Gasteiger partial charge < -0.3 is 9.53 Å². The molecule has 0 spiro atoms. The van der Waals surface area contributed by atoms with Gasteiger partial charge >= 0.3 is 6.09 Å². The maximum Gasteiger partial charge on any atom is 0.414 e. The van der Waals surface area contributed by atoms with E-state index in [1.54, 1.807) is 4.90 Å². The zero-order valence-corrected chi connectivity index (χ0v) is 13.2. The number of anilines is 1. The lowest BCUT2D eigenvalue weighted by atomic mass is 9.96. The number of hydrogen-bond donors (Lipinski definition) is 0. The average Bonchev–Trinajstić information content (AvgIpc) is 2.79. The van der Waals surface area contributed by atoms with Gasteiger partial charge in [-0.1, -0.05) is 19.1 Å². The standard InChI is InChI=1S/C17H23NO3/c1-12(8-10-19)13-5-6-15-14(11-13)7-9-18(15)16(20)21-17(2,3)4/h5-6,10-12H,7-9H2,1-4H3. The first kappa shape index (κ1) is 15.5. The lowest BCUT2D eigenvalue weighted by Crippen LogP contribution is -2.35. The molecule has 0 N–H and O–H groups in total. The van der Waals surface area contributed by atoms with Gasteiger partial charge in [0.05, 0.1) is 5.69 Å². The molecule has 1 amide bonds. The van der Waals surface area contributed by atoms with Gasteiger partial charge in [-0.3, -0.25) is 4.90 Å². The highest BCUT2D eigenvalue weighted by Crippen LogP contribution is 2.32. The smallest absolute Gasteiger partial charge is 0.414 e. The molecule has 0 fully saturated rings. The van der Waals surface area contributed by atoms with Crippen LogP contribution in [0.15, 0.2) is 18.2 Å². The minimum Gasteiger partial charge on any atom is -0.443 e. The van der Waals surface area contributed by atoms with E-state index in [9.17, 15) is 9.59 Å². The molecule has 21 heavy (non-hydrogen) atoms. The Bertz CT molecular complexity index is 545. The molecule has 1 atom stereocenters. The Labute approximate surface area is 126 Å². The van der Waals surface area contributed by atoms with Gasteiger partial charge in [0.1, 0.15) is 11.9 Å². The van der Waals surface area contributed by atoms with E-state index in [0.29, 0.717) is 13.0 Å². The van der Waals surface area contributed by atoms with Crippen molar-refractivity contribution in [2.75, 3.05) is 11.4 Å². The van der Waals surface area contributed by atoms with Crippen LogP contribution in [-0.2, 0) is 16.0 Å². The minimum atomic E-state index is -0.488. The van der Waals surface area contributed by atoms with E-state index >= 15 is 0 Å². The Morgan fingerprint density at radius 3 is 2.76 bits per heavy atom. The molecule has 1 aromatic rings. The third kappa shape index (κ3) is 3.63. The molecular formula is C17H23NO3. The third-order valence-electron chi connectivity index (χ3n) is 3.63. The summed E-state index contributed by atoms with van der Waals surface area (Å²) in [6.07, 6.45) is 2.00. The first-order valence-corrected chi connectivity index (χ1v) is 7.39. The van der Waals surface area contributed by atoms with Gasteiger partial charge in [0.15, 0.2) is 0 Å². The van der Waals surface area contributed by atoms with Crippen LogP contribution in [0.2, 0.25) is 0 Å². The SMILES string of the molecule is CC(CC=O)c1ccc2c(c1)CCN2C(=O)OC(C)(C)C. The number of aldehydes is 1. The first-order chi connectivity index (χ1) is 9.81. The molecule has 0 bridgehead atoms. The van der Waals surface area contributed by atoms with Crippen LogP contribution < -0.4 is 4.90 Å². The maximum atomic E-state index is 12.2. The summed E-state index contributed by atoms with van der Waals surface area (Å²) >= 11 is 0. The highest BCUT2D eigenvalue weighted by molar-refractivity contribution is 5.90. The number of fused-ring (bicyclic) bond motifs is 1. The minimum absolute atomic E-state index is 0.211. The summed E-state index contributed by atoms with van der Waals surface area (Å²) in [5.74, 6) is 0.211. The van der Waals surface area contributed by atoms with Crippen molar-refractivity contribution in [1.82, 2.24) is 0 Å². The number of carbonyl (C=O) groups excluding carboxylic acids is 2. The number of hydrogen-bond acceptors (Lipinski definition) is 3. The molecule has 0 saturated carbocycles. The zero-order chi connectivity index (χ0) is 15.6. The Hall–Kier alpha value is -1.84. The van der Waals surface area contributed by atoms with Crippen molar-refractivity contribution in [2.45, 2.75) is 52.1 Å². The molecule has 0 saturated heterocycles. The van der Waals surface area contributed by atoms with Gasteiger partial charge in [0.25, 0.3) is 0 Å². The van der Waals surface area contributed by atoms with Crippen molar-refractivity contribution in [2.24, 2.45) is 0 Å². The molecule has 0 aromatic heterocycles. The molecule has 1 aromatic carbocycles. The van der Waals surface area contributed by atoms with Crippen LogP contribution in [0.4, 0.5) is 10.5 Å². The molecule has 2 rings (SSSR count). The summed E-state index contributed by atoms with van der Waals surface area (Å²) in [6.45, 7) is 8.29. The third-order valence-corrected chi connectivity index (χ3v) is 3.63. The summed E-state index contributed by atoms with van der Waals surface area (Å²) in [5.41, 5.74) is 2.73. The lowest BCUT2D eigenvalue weighted by Gasteiger charge is -2.25. The molecule has 1 aliphatic heterocycles. The number of amides is 1. The number of carbonyl (C=O) groups is 2. The van der Waals surface area contributed by atoms with Gasteiger partial charge in [0, 0.05) is 13.0 Å². The second-order valence-corrected chi connectivity index (χ2v) is 6.57. The molecule has 1 heterocycles. The van der Waals surface area contributed by atoms with Crippen LogP contribution in [0.5, 0.6) is 0 Å². The second kappa shape index (κ2) is 5.88. The van der Waals surface area contributed by atoms with E-state index in [2.05, 4.69) is 6.07 Å². The summed E-state index contributed by atoms with van der Waals surface area (Å²) in [7, 11) is 0. The van der Waals surface area contributed by atoms with E-state index in [1.165, 1.54) is 0 Å². The van der Waals surface area contributed by atoms with Crippen LogP contribution in [0.25, 0.3) is 0 Å². The fourth-order valence-corrected chi connectivity index (χ4v) is 2.52. The lowest BCUT2D eigenvalue weighted by molar-refractivity contribution is -0.108. The van der Waals surface area contributed by atoms with E-state index in [0.717, 1.165) is 29.5 Å². The zero-order valence-electron chi connectivity index (χ0n) is 13.2. The van der Waals surface area contributed by atoms with Crippen molar-refractivity contribution < 1.29 is 14.3 Å². The van der Waals surface area contributed by atoms with E-state index < -0.39 is 5.60 Å². The van der Waals surface area contributed by atoms with Crippen molar-refractivity contribution in [3.05, 3.63) is 29.3 Å². The highest BCUT2D eigenvalue weighted by Gasteiger charge is 2.29. The Morgan fingerprint density at radius 1 is 1.43 bits per heavy atom. The molecule has 114 valence electrons. The normalized spacial score (nSPS) is 15.5. The molecule has 1 unspecified atom stereocenters. The van der Waals surface area contributed by atoms with Crippen LogP contribution in [0, 0.1) is 0 Å². The summed E-state index contributed by atoms with van der Waals surface area (Å²) < 4.78 is 5.44. The molecule has 4 nitrogen and oxygen atoms in total. The number of benzene rings is 1. The second-order valence-electron chi connectivity index (χ2n) is 6.57. The van der Waals surface area contributed by atoms with Crippen LogP contribution in [0.1, 0.15) is 51.2 Å². The Balaban J connectivity index is 2.18. The van der Waals surface area contributed by atoms with Crippen molar-refractivity contribution in [3.63, 3.8) is 0 Å². The van der Waals surface area contributed by atoms with Crippen molar-refractivity contribution in [3.8, 4) is 0 Å². The van der Waals surface area contributed by atoms with E-state index in [4.69, 9.17) is 4.74 Å². The Morgan fingerprint density at radius 2 is 2.14 bits per heavy atom. The molecular weight excluding hydrogens is 266 g/mol. The topological polar surface area (TPSA) is 46.6 Å². The molecule has 0 radical (unpaired) electrons. The summed E-state index contributed by atoms with van der Waals surface area (Å²) in [4.78, 5) is 24.5. The summed E-state index contributed by atoms with van der Waals surface area (Å²) in [5, 5.41) is 0. The number of nitrogens with zero attached hydrogens (tertiary/aromatic N) is 1. The fourth-order valence-electron chi connectivity index (χ4n) is 2.52. The first-order valence-electron chi connectivity index (χ1n) is 7.39. The van der Waals surface area contributed by atoms with Gasteiger partial charge in [-0.25, -0.2) is 4.79 Å². The van der Waals surface area contributed by atoms with Crippen molar-refractivity contribution in [1.29, 1.82) is 0 Å². The molecule has 1 aliphatic rings. The van der Waals surface area contributed by atoms with Gasteiger partial charge in [-0.05, 0) is 50.3 Å². The monoisotopic (exact) mass is 289 g/mol. The van der Waals surface area contributed by atoms with Gasteiger partial charge in [0.2, 0.25) is 0 Å². The van der Waals surface area contributed by atoms with E-state index in [-0.39, 0.29) is 12.0 Å². The Kier molecular flexibility index (Phi) is 4.35. The summed E-state index contributed by atoms with van der Waals surface area (Å²) in [6, 6.07) is 6.06. The molecule has 0 aliphatic carbocycles. The highest BCUT2D eigenvalue weighted by atomic mass is 16.6. The largest absolute Gasteiger partial charge is 0.443 e. The van der Waals surface area contributed by atoms with Crippen molar-refractivity contribution >= 4 is 18.1 Å². The predicted octanol–water partition coefficient (Wildman–Crippen LogP) is 3.68. The average molecular weight is 289 g/mol. The number of rotatable bonds is 3. The molecule has 4 heteroatoms. The van der Waals surface area contributed by atoms with Gasteiger partial charge in [-0.2, -0.15) is 0 Å². The quantitative estimate of drug-likeness (QED) is 0.797. The van der Waals surface area contributed by atoms with Crippen LogP contribution >= 0.6 is 0 Å². The van der Waals surface area contributed by atoms with Gasteiger partial charge in [-0.15, -0.1) is 0 Å². The number of ether oxygens (including phenoxy) is 1. The predicted molar refractivity (Wildman–Crippen MR) is 82.8 cm³/mol. The maximum absolute atomic E-state index is 12.2. The van der Waals surface area contributed by atoms with E-state index in [1.807, 2.05) is 39.8 Å².